The minimum absolute atomic E-state index is 0.261. The van der Waals surface area contributed by atoms with Crippen molar-refractivity contribution in [2.24, 2.45) is 5.92 Å². The second kappa shape index (κ2) is 7.16. The molecule has 2 N–H and O–H groups in total. The topological polar surface area (TPSA) is 59.6 Å². The predicted octanol–water partition coefficient (Wildman–Crippen LogP) is 2.57. The van der Waals surface area contributed by atoms with Crippen LogP contribution in [0.15, 0.2) is 11.8 Å². The van der Waals surface area contributed by atoms with E-state index in [1.807, 2.05) is 20.8 Å². The molecule has 1 aliphatic carbocycles. The number of carbonyl (C=O) groups excluding carboxylic acids is 1. The van der Waals surface area contributed by atoms with E-state index < -0.39 is 5.60 Å². The van der Waals surface area contributed by atoms with Gasteiger partial charge in [-0.25, -0.2) is 4.79 Å². The number of carbonyl (C=O) groups is 1. The summed E-state index contributed by atoms with van der Waals surface area (Å²) < 4.78 is 10.8. The van der Waals surface area contributed by atoms with Crippen molar-refractivity contribution < 1.29 is 14.3 Å². The zero-order chi connectivity index (χ0) is 15.3. The molecule has 120 valence electrons. The first kappa shape index (κ1) is 16.1. The fourth-order valence-corrected chi connectivity index (χ4v) is 2.63. The second-order valence-electron chi connectivity index (χ2n) is 6.97. The lowest BCUT2D eigenvalue weighted by molar-refractivity contribution is 0.0452. The summed E-state index contributed by atoms with van der Waals surface area (Å²) in [5.41, 5.74) is -0.428. The molecule has 1 amide bonds. The van der Waals surface area contributed by atoms with Crippen LogP contribution in [0.2, 0.25) is 0 Å². The van der Waals surface area contributed by atoms with Gasteiger partial charge in [0.25, 0.3) is 0 Å². The molecule has 0 unspecified atom stereocenters. The standard InChI is InChI=1S/C16H28N2O3/c1-16(2,3)21-15(19)18-13-8-12(9-13)10-17-11-14-6-4-5-7-20-14/h6,12-13,17H,4-5,7-11H2,1-3H3,(H,18,19)/t12-,13-. The number of allylic oxidation sites excluding steroid dienone is 1. The molecule has 5 heteroatoms. The summed E-state index contributed by atoms with van der Waals surface area (Å²) in [4.78, 5) is 11.6. The molecule has 0 aromatic rings. The molecule has 1 saturated carbocycles. The number of hydrogen-bond donors (Lipinski definition) is 2. The first-order valence-electron chi connectivity index (χ1n) is 7.94. The Bertz CT molecular complexity index is 381. The van der Waals surface area contributed by atoms with E-state index in [0.717, 1.165) is 51.1 Å². The molecule has 0 aromatic heterocycles. The smallest absolute Gasteiger partial charge is 0.407 e. The maximum Gasteiger partial charge on any atom is 0.407 e. The molecule has 0 saturated heterocycles. The normalized spacial score (nSPS) is 25.4. The van der Waals surface area contributed by atoms with Gasteiger partial charge in [0.2, 0.25) is 0 Å². The summed E-state index contributed by atoms with van der Waals surface area (Å²) in [5, 5.41) is 6.35. The highest BCUT2D eigenvalue weighted by Crippen LogP contribution is 2.27. The molecule has 1 heterocycles. The van der Waals surface area contributed by atoms with Gasteiger partial charge >= 0.3 is 6.09 Å². The van der Waals surface area contributed by atoms with Gasteiger partial charge < -0.3 is 20.1 Å². The zero-order valence-electron chi connectivity index (χ0n) is 13.4. The van der Waals surface area contributed by atoms with E-state index in [-0.39, 0.29) is 12.1 Å². The van der Waals surface area contributed by atoms with E-state index in [1.54, 1.807) is 0 Å². The van der Waals surface area contributed by atoms with Gasteiger partial charge in [-0.15, -0.1) is 0 Å². The van der Waals surface area contributed by atoms with Crippen molar-refractivity contribution in [3.8, 4) is 0 Å². The molecule has 1 fully saturated rings. The van der Waals surface area contributed by atoms with Gasteiger partial charge in [0.05, 0.1) is 13.2 Å². The highest BCUT2D eigenvalue weighted by molar-refractivity contribution is 5.68. The van der Waals surface area contributed by atoms with Gasteiger partial charge in [-0.1, -0.05) is 0 Å². The van der Waals surface area contributed by atoms with Crippen LogP contribution >= 0.6 is 0 Å². The summed E-state index contributed by atoms with van der Waals surface area (Å²) in [6.07, 6.45) is 6.16. The third kappa shape index (κ3) is 5.96. The third-order valence-corrected chi connectivity index (χ3v) is 3.70. The van der Waals surface area contributed by atoms with Gasteiger partial charge in [0.15, 0.2) is 0 Å². The Hall–Kier alpha value is -1.23. The molecule has 2 aliphatic rings. The van der Waals surface area contributed by atoms with Gasteiger partial charge in [-0.3, -0.25) is 0 Å². The van der Waals surface area contributed by atoms with Gasteiger partial charge in [0, 0.05) is 6.04 Å². The number of ether oxygens (including phenoxy) is 2. The summed E-state index contributed by atoms with van der Waals surface area (Å²) in [5.74, 6) is 1.71. The van der Waals surface area contributed by atoms with Crippen LogP contribution in [0.3, 0.4) is 0 Å². The lowest BCUT2D eigenvalue weighted by Gasteiger charge is -2.36. The van der Waals surface area contributed by atoms with E-state index in [0.29, 0.717) is 5.92 Å². The van der Waals surface area contributed by atoms with Crippen molar-refractivity contribution in [3.05, 3.63) is 11.8 Å². The van der Waals surface area contributed by atoms with Crippen LogP contribution in [0.25, 0.3) is 0 Å². The third-order valence-electron chi connectivity index (χ3n) is 3.70. The molecule has 5 nitrogen and oxygen atoms in total. The predicted molar refractivity (Wildman–Crippen MR) is 82.0 cm³/mol. The molecule has 1 aliphatic heterocycles. The first-order chi connectivity index (χ1) is 9.92. The number of hydrogen-bond acceptors (Lipinski definition) is 4. The fourth-order valence-electron chi connectivity index (χ4n) is 2.63. The van der Waals surface area contributed by atoms with Crippen LogP contribution in [0.1, 0.15) is 46.5 Å². The molecule has 21 heavy (non-hydrogen) atoms. The number of rotatable bonds is 5. The first-order valence-corrected chi connectivity index (χ1v) is 7.94. The Morgan fingerprint density at radius 2 is 2.19 bits per heavy atom. The van der Waals surface area contributed by atoms with E-state index in [4.69, 9.17) is 9.47 Å². The second-order valence-corrected chi connectivity index (χ2v) is 6.97. The van der Waals surface area contributed by atoms with Crippen molar-refractivity contribution >= 4 is 6.09 Å². The average molecular weight is 296 g/mol. The van der Waals surface area contributed by atoms with Gasteiger partial charge in [-0.2, -0.15) is 0 Å². The summed E-state index contributed by atoms with van der Waals surface area (Å²) >= 11 is 0. The molecule has 0 bridgehead atoms. The van der Waals surface area contributed by atoms with Crippen molar-refractivity contribution in [1.29, 1.82) is 0 Å². The van der Waals surface area contributed by atoms with E-state index in [9.17, 15) is 4.79 Å². The number of amides is 1. The Morgan fingerprint density at radius 1 is 1.43 bits per heavy atom. The summed E-state index contributed by atoms with van der Waals surface area (Å²) in [6, 6.07) is 0.261. The quantitative estimate of drug-likeness (QED) is 0.818. The zero-order valence-corrected chi connectivity index (χ0v) is 13.4. The van der Waals surface area contributed by atoms with Crippen LogP contribution in [0.4, 0.5) is 4.79 Å². The number of nitrogens with one attached hydrogen (secondary N) is 2. The Labute approximate surface area is 127 Å². The molecule has 0 atom stereocenters. The van der Waals surface area contributed by atoms with Crippen molar-refractivity contribution in [2.45, 2.75) is 58.1 Å². The maximum atomic E-state index is 11.6. The highest BCUT2D eigenvalue weighted by Gasteiger charge is 2.31. The molecular weight excluding hydrogens is 268 g/mol. The molecule has 0 spiro atoms. The maximum absolute atomic E-state index is 11.6. The number of alkyl carbamates (subject to hydrolysis) is 1. The lowest BCUT2D eigenvalue weighted by Crippen LogP contribution is -2.48. The molecule has 2 rings (SSSR count). The van der Waals surface area contributed by atoms with Crippen LogP contribution in [0, 0.1) is 5.92 Å². The minimum atomic E-state index is -0.428. The Balaban J connectivity index is 1.53. The van der Waals surface area contributed by atoms with Crippen LogP contribution < -0.4 is 10.6 Å². The van der Waals surface area contributed by atoms with Crippen molar-refractivity contribution in [2.75, 3.05) is 19.7 Å². The van der Waals surface area contributed by atoms with Gasteiger partial charge in [-0.05, 0) is 65.0 Å². The van der Waals surface area contributed by atoms with Crippen LogP contribution in [-0.4, -0.2) is 37.4 Å². The minimum Gasteiger partial charge on any atom is -0.497 e. The van der Waals surface area contributed by atoms with E-state index in [2.05, 4.69) is 16.7 Å². The Kier molecular flexibility index (Phi) is 5.51. The Morgan fingerprint density at radius 3 is 2.81 bits per heavy atom. The van der Waals surface area contributed by atoms with Gasteiger partial charge in [0.1, 0.15) is 11.4 Å². The highest BCUT2D eigenvalue weighted by atomic mass is 16.6. The summed E-state index contributed by atoms with van der Waals surface area (Å²) in [6.45, 7) is 8.28. The average Bonchev–Trinajstić information content (AvgIpc) is 2.34. The molecule has 0 radical (unpaired) electrons. The fraction of sp³-hybridized carbons (Fsp3) is 0.812. The van der Waals surface area contributed by atoms with E-state index in [1.165, 1.54) is 0 Å². The van der Waals surface area contributed by atoms with Crippen LogP contribution in [0.5, 0.6) is 0 Å². The van der Waals surface area contributed by atoms with Crippen LogP contribution in [-0.2, 0) is 9.47 Å². The SMILES string of the molecule is CC(C)(C)OC(=O)N[C@H]1C[C@H](CNCC2=CCCCO2)C1. The van der Waals surface area contributed by atoms with Crippen molar-refractivity contribution in [1.82, 2.24) is 10.6 Å². The van der Waals surface area contributed by atoms with Crippen molar-refractivity contribution in [3.63, 3.8) is 0 Å². The molecule has 0 aromatic carbocycles. The molecular formula is C16H28N2O3. The largest absolute Gasteiger partial charge is 0.497 e. The van der Waals surface area contributed by atoms with E-state index >= 15 is 0 Å². The lowest BCUT2D eigenvalue weighted by atomic mass is 9.80. The summed E-state index contributed by atoms with van der Waals surface area (Å²) in [7, 11) is 0. The monoisotopic (exact) mass is 296 g/mol.